The van der Waals surface area contributed by atoms with E-state index in [-0.39, 0.29) is 23.3 Å². The van der Waals surface area contributed by atoms with E-state index in [1.165, 1.54) is 0 Å². The molecule has 152 valence electrons. The molecule has 1 amide bonds. The second-order valence-corrected chi connectivity index (χ2v) is 7.93. The number of amides is 1. The van der Waals surface area contributed by atoms with Gasteiger partial charge >= 0.3 is 0 Å². The number of hydrogen-bond acceptors (Lipinski definition) is 3. The number of carbonyl (C=O) groups excluding carboxylic acids is 1. The summed E-state index contributed by atoms with van der Waals surface area (Å²) < 4.78 is 1.64. The minimum Gasteiger partial charge on any atom is -0.331 e. The minimum absolute atomic E-state index is 0.112. The minimum atomic E-state index is -0.416. The fourth-order valence-electron chi connectivity index (χ4n) is 3.56. The number of nitrogens with zero attached hydrogens (tertiary/aromatic N) is 3. The average molecular weight is 412 g/mol. The molecule has 3 aromatic rings. The van der Waals surface area contributed by atoms with Crippen LogP contribution in [-0.4, -0.2) is 32.8 Å². The quantitative estimate of drug-likeness (QED) is 0.562. The van der Waals surface area contributed by atoms with Gasteiger partial charge in [-0.3, -0.25) is 14.2 Å². The van der Waals surface area contributed by atoms with Gasteiger partial charge < -0.3 is 4.90 Å². The van der Waals surface area contributed by atoms with E-state index in [4.69, 9.17) is 16.6 Å². The first-order chi connectivity index (χ1) is 13.8. The normalized spacial score (nSPS) is 12.3. The van der Waals surface area contributed by atoms with Gasteiger partial charge in [-0.05, 0) is 43.5 Å². The number of para-hydroxylation sites is 2. The molecule has 0 fully saturated rings. The van der Waals surface area contributed by atoms with Crippen LogP contribution in [0.25, 0.3) is 16.6 Å². The number of alkyl halides is 1. The van der Waals surface area contributed by atoms with Gasteiger partial charge in [0.05, 0.1) is 22.6 Å². The van der Waals surface area contributed by atoms with E-state index in [9.17, 15) is 9.59 Å². The Balaban J connectivity index is 2.30. The Hall–Kier alpha value is -2.66. The molecule has 29 heavy (non-hydrogen) atoms. The van der Waals surface area contributed by atoms with Gasteiger partial charge in [0.25, 0.3) is 5.56 Å². The number of aryl methyl sites for hydroxylation is 1. The molecular weight excluding hydrogens is 386 g/mol. The number of carbonyl (C=O) groups is 1. The van der Waals surface area contributed by atoms with Crippen molar-refractivity contribution in [3.8, 4) is 5.69 Å². The molecule has 2 aromatic carbocycles. The van der Waals surface area contributed by atoms with Crippen molar-refractivity contribution in [2.75, 3.05) is 12.4 Å². The lowest BCUT2D eigenvalue weighted by Gasteiger charge is -2.31. The molecule has 3 rings (SSSR count). The van der Waals surface area contributed by atoms with Crippen LogP contribution in [0.1, 0.15) is 38.2 Å². The number of fused-ring (bicyclic) bond motifs is 1. The Bertz CT molecular complexity index is 1090. The first-order valence-electron chi connectivity index (χ1n) is 9.78. The third-order valence-corrected chi connectivity index (χ3v) is 5.22. The molecule has 0 bridgehead atoms. The second-order valence-electron chi connectivity index (χ2n) is 7.66. The smallest absolute Gasteiger partial charge is 0.266 e. The Labute approximate surface area is 175 Å². The average Bonchev–Trinajstić information content (AvgIpc) is 2.71. The van der Waals surface area contributed by atoms with Crippen molar-refractivity contribution in [2.45, 2.75) is 33.7 Å². The standard InChI is InChI=1S/C23H26ClN3O2/c1-15(2)14-26(21(28)13-24)17(4)22-25-19-11-7-6-10-18(19)23(29)27(22)20-12-8-5-9-16(20)3/h5-12,15,17H,13-14H2,1-4H3. The number of rotatable bonds is 6. The predicted octanol–water partition coefficient (Wildman–Crippen LogP) is 4.48. The van der Waals surface area contributed by atoms with E-state index in [2.05, 4.69) is 0 Å². The van der Waals surface area contributed by atoms with E-state index in [1.54, 1.807) is 15.5 Å². The zero-order valence-electron chi connectivity index (χ0n) is 17.2. The Morgan fingerprint density at radius 2 is 1.76 bits per heavy atom. The molecule has 1 heterocycles. The van der Waals surface area contributed by atoms with Gasteiger partial charge in [-0.2, -0.15) is 0 Å². The maximum absolute atomic E-state index is 13.5. The molecule has 0 saturated heterocycles. The van der Waals surface area contributed by atoms with Crippen LogP contribution in [-0.2, 0) is 4.79 Å². The summed E-state index contributed by atoms with van der Waals surface area (Å²) in [6.07, 6.45) is 0. The molecule has 0 aliphatic rings. The van der Waals surface area contributed by atoms with Crippen molar-refractivity contribution in [1.29, 1.82) is 0 Å². The van der Waals surface area contributed by atoms with E-state index in [0.717, 1.165) is 11.3 Å². The van der Waals surface area contributed by atoms with E-state index in [1.807, 2.05) is 70.2 Å². The van der Waals surface area contributed by atoms with Crippen LogP contribution < -0.4 is 5.56 Å². The first kappa shape index (κ1) is 21.1. The van der Waals surface area contributed by atoms with Crippen LogP contribution in [0.2, 0.25) is 0 Å². The van der Waals surface area contributed by atoms with Crippen molar-refractivity contribution in [1.82, 2.24) is 14.5 Å². The van der Waals surface area contributed by atoms with Gasteiger partial charge in [0.15, 0.2) is 0 Å². The fraction of sp³-hybridized carbons (Fsp3) is 0.348. The van der Waals surface area contributed by atoms with Crippen molar-refractivity contribution < 1.29 is 4.79 Å². The van der Waals surface area contributed by atoms with E-state index in [0.29, 0.717) is 23.3 Å². The topological polar surface area (TPSA) is 55.2 Å². The number of halogens is 1. The van der Waals surface area contributed by atoms with Crippen LogP contribution in [0.3, 0.4) is 0 Å². The molecule has 0 radical (unpaired) electrons. The molecule has 0 saturated carbocycles. The van der Waals surface area contributed by atoms with Crippen LogP contribution in [0, 0.1) is 12.8 Å². The Morgan fingerprint density at radius 3 is 2.41 bits per heavy atom. The van der Waals surface area contributed by atoms with Crippen LogP contribution >= 0.6 is 11.6 Å². The molecule has 1 unspecified atom stereocenters. The third-order valence-electron chi connectivity index (χ3n) is 5.00. The summed E-state index contributed by atoms with van der Waals surface area (Å²) >= 11 is 5.89. The van der Waals surface area contributed by atoms with Crippen molar-refractivity contribution in [3.05, 3.63) is 70.3 Å². The molecule has 6 heteroatoms. The summed E-state index contributed by atoms with van der Waals surface area (Å²) in [5, 5.41) is 0.547. The SMILES string of the molecule is Cc1ccccc1-n1c(C(C)N(CC(C)C)C(=O)CCl)nc2ccccc2c1=O. The summed E-state index contributed by atoms with van der Waals surface area (Å²) in [6.45, 7) is 8.48. The molecule has 0 aliphatic carbocycles. The molecule has 0 spiro atoms. The fourth-order valence-corrected chi connectivity index (χ4v) is 3.72. The largest absolute Gasteiger partial charge is 0.331 e. The van der Waals surface area contributed by atoms with Gasteiger partial charge in [-0.1, -0.05) is 44.2 Å². The van der Waals surface area contributed by atoms with Crippen molar-refractivity contribution in [2.24, 2.45) is 5.92 Å². The highest BCUT2D eigenvalue weighted by Gasteiger charge is 2.27. The zero-order chi connectivity index (χ0) is 21.1. The molecule has 5 nitrogen and oxygen atoms in total. The van der Waals surface area contributed by atoms with E-state index >= 15 is 0 Å². The Kier molecular flexibility index (Phi) is 6.38. The summed E-state index contributed by atoms with van der Waals surface area (Å²) in [4.78, 5) is 32.6. The third kappa shape index (κ3) is 4.20. The van der Waals surface area contributed by atoms with Gasteiger partial charge in [0.1, 0.15) is 11.7 Å². The van der Waals surface area contributed by atoms with Crippen molar-refractivity contribution >= 4 is 28.4 Å². The number of benzene rings is 2. The van der Waals surface area contributed by atoms with Gasteiger partial charge in [0, 0.05) is 6.54 Å². The summed E-state index contributed by atoms with van der Waals surface area (Å²) in [6, 6.07) is 14.6. The second kappa shape index (κ2) is 8.78. The molecule has 1 atom stereocenters. The molecular formula is C23H26ClN3O2. The number of aromatic nitrogens is 2. The van der Waals surface area contributed by atoms with Gasteiger partial charge in [-0.25, -0.2) is 4.98 Å². The highest BCUT2D eigenvalue weighted by molar-refractivity contribution is 6.27. The first-order valence-corrected chi connectivity index (χ1v) is 10.3. The predicted molar refractivity (Wildman–Crippen MR) is 118 cm³/mol. The summed E-state index contributed by atoms with van der Waals surface area (Å²) in [7, 11) is 0. The maximum atomic E-state index is 13.5. The van der Waals surface area contributed by atoms with Crippen LogP contribution in [0.4, 0.5) is 0 Å². The molecule has 0 aliphatic heterocycles. The number of hydrogen-bond donors (Lipinski definition) is 0. The lowest BCUT2D eigenvalue weighted by Crippen LogP contribution is -2.40. The van der Waals surface area contributed by atoms with E-state index < -0.39 is 6.04 Å². The summed E-state index contributed by atoms with van der Waals surface area (Å²) in [5.74, 6) is 0.497. The zero-order valence-corrected chi connectivity index (χ0v) is 18.0. The highest BCUT2D eigenvalue weighted by Crippen LogP contribution is 2.25. The maximum Gasteiger partial charge on any atom is 0.266 e. The van der Waals surface area contributed by atoms with Crippen LogP contribution in [0.5, 0.6) is 0 Å². The monoisotopic (exact) mass is 411 g/mol. The lowest BCUT2D eigenvalue weighted by atomic mass is 10.1. The van der Waals surface area contributed by atoms with Gasteiger partial charge in [0.2, 0.25) is 5.91 Å². The Morgan fingerprint density at radius 1 is 1.10 bits per heavy atom. The molecule has 0 N–H and O–H groups in total. The highest BCUT2D eigenvalue weighted by atomic mass is 35.5. The summed E-state index contributed by atoms with van der Waals surface area (Å²) in [5.41, 5.74) is 2.20. The van der Waals surface area contributed by atoms with Gasteiger partial charge in [-0.15, -0.1) is 11.6 Å². The van der Waals surface area contributed by atoms with Crippen LogP contribution in [0.15, 0.2) is 53.3 Å². The lowest BCUT2D eigenvalue weighted by molar-refractivity contribution is -0.131. The van der Waals surface area contributed by atoms with Crippen molar-refractivity contribution in [3.63, 3.8) is 0 Å². The molecule has 1 aromatic heterocycles.